The fourth-order valence-electron chi connectivity index (χ4n) is 1.60. The molecule has 0 aliphatic heterocycles. The summed E-state index contributed by atoms with van der Waals surface area (Å²) < 4.78 is 36.0. The average molecular weight is 257 g/mol. The highest BCUT2D eigenvalue weighted by Crippen LogP contribution is 2.21. The summed E-state index contributed by atoms with van der Waals surface area (Å²) in [7, 11) is 0. The van der Waals surface area contributed by atoms with Gasteiger partial charge in [-0.1, -0.05) is 0 Å². The first-order valence-electron chi connectivity index (χ1n) is 5.08. The first-order chi connectivity index (χ1) is 8.37. The van der Waals surface area contributed by atoms with Gasteiger partial charge in [-0.25, -0.2) is 0 Å². The van der Waals surface area contributed by atoms with Crippen LogP contribution in [0, 0.1) is 0 Å². The summed E-state index contributed by atoms with van der Waals surface area (Å²) in [4.78, 5) is 14.4. The van der Waals surface area contributed by atoms with Crippen molar-refractivity contribution in [3.05, 3.63) is 30.0 Å². The lowest BCUT2D eigenvalue weighted by molar-refractivity contribution is -0.123. The molecule has 18 heavy (non-hydrogen) atoms. The van der Waals surface area contributed by atoms with E-state index in [-0.39, 0.29) is 5.56 Å². The number of hydrogen-bond donors (Lipinski definition) is 3. The number of carbonyl (C=O) groups excluding carboxylic acids is 1. The van der Waals surface area contributed by atoms with E-state index in [2.05, 4.69) is 4.98 Å². The van der Waals surface area contributed by atoms with Crippen molar-refractivity contribution in [1.82, 2.24) is 10.3 Å². The Labute approximate surface area is 100.0 Å². The number of alkyl halides is 3. The highest BCUT2D eigenvalue weighted by atomic mass is 19.4. The third-order valence-corrected chi connectivity index (χ3v) is 2.40. The fourth-order valence-corrected chi connectivity index (χ4v) is 1.60. The van der Waals surface area contributed by atoms with Gasteiger partial charge in [0.2, 0.25) is 0 Å². The Morgan fingerprint density at radius 2 is 2.11 bits per heavy atom. The van der Waals surface area contributed by atoms with Gasteiger partial charge in [0.1, 0.15) is 6.54 Å². The van der Waals surface area contributed by atoms with Gasteiger partial charge in [-0.15, -0.1) is 0 Å². The molecule has 2 aromatic rings. The molecule has 0 aliphatic rings. The van der Waals surface area contributed by atoms with E-state index in [1.54, 1.807) is 12.1 Å². The van der Waals surface area contributed by atoms with E-state index in [4.69, 9.17) is 5.73 Å². The zero-order valence-corrected chi connectivity index (χ0v) is 9.14. The molecule has 0 unspecified atom stereocenters. The number of anilines is 1. The molecule has 2 rings (SSSR count). The lowest BCUT2D eigenvalue weighted by Crippen LogP contribution is -2.33. The van der Waals surface area contributed by atoms with Crippen molar-refractivity contribution in [2.75, 3.05) is 12.3 Å². The molecule has 96 valence electrons. The Morgan fingerprint density at radius 1 is 1.39 bits per heavy atom. The van der Waals surface area contributed by atoms with Crippen LogP contribution >= 0.6 is 0 Å². The maximum atomic E-state index is 12.0. The van der Waals surface area contributed by atoms with Crippen molar-refractivity contribution in [2.45, 2.75) is 6.18 Å². The number of aromatic amines is 1. The maximum Gasteiger partial charge on any atom is 0.405 e. The highest BCUT2D eigenvalue weighted by Gasteiger charge is 2.28. The Hall–Kier alpha value is -2.18. The van der Waals surface area contributed by atoms with Crippen molar-refractivity contribution in [3.8, 4) is 0 Å². The van der Waals surface area contributed by atoms with Crippen LogP contribution in [-0.2, 0) is 0 Å². The van der Waals surface area contributed by atoms with Crippen LogP contribution in [-0.4, -0.2) is 23.6 Å². The van der Waals surface area contributed by atoms with Crippen molar-refractivity contribution < 1.29 is 18.0 Å². The minimum atomic E-state index is -4.43. The molecule has 7 heteroatoms. The summed E-state index contributed by atoms with van der Waals surface area (Å²) in [6.07, 6.45) is -3.07. The van der Waals surface area contributed by atoms with E-state index in [1.165, 1.54) is 12.3 Å². The SMILES string of the molecule is Nc1ccc2[nH]cc(C(=O)NCC(F)(F)F)c2c1. The van der Waals surface area contributed by atoms with Gasteiger partial charge in [0.15, 0.2) is 0 Å². The molecule has 0 saturated heterocycles. The van der Waals surface area contributed by atoms with Crippen molar-refractivity contribution in [3.63, 3.8) is 0 Å². The fraction of sp³-hybridized carbons (Fsp3) is 0.182. The lowest BCUT2D eigenvalue weighted by Gasteiger charge is -2.07. The Morgan fingerprint density at radius 3 is 2.78 bits per heavy atom. The molecular weight excluding hydrogens is 247 g/mol. The smallest absolute Gasteiger partial charge is 0.399 e. The predicted molar refractivity (Wildman–Crippen MR) is 61.1 cm³/mol. The molecule has 0 spiro atoms. The minimum Gasteiger partial charge on any atom is -0.399 e. The van der Waals surface area contributed by atoms with Crippen molar-refractivity contribution >= 4 is 22.5 Å². The van der Waals surface area contributed by atoms with Crippen LogP contribution in [0.25, 0.3) is 10.9 Å². The zero-order valence-electron chi connectivity index (χ0n) is 9.14. The summed E-state index contributed by atoms with van der Waals surface area (Å²) in [5.74, 6) is -0.788. The number of nitrogen functional groups attached to an aromatic ring is 1. The molecule has 4 nitrogen and oxygen atoms in total. The van der Waals surface area contributed by atoms with Crippen molar-refractivity contribution in [2.24, 2.45) is 0 Å². The number of nitrogens with two attached hydrogens (primary N) is 1. The molecule has 0 saturated carbocycles. The third kappa shape index (κ3) is 2.55. The highest BCUT2D eigenvalue weighted by molar-refractivity contribution is 6.07. The van der Waals surface area contributed by atoms with Crippen LogP contribution in [0.1, 0.15) is 10.4 Å². The van der Waals surface area contributed by atoms with Gasteiger partial charge in [0, 0.05) is 22.8 Å². The largest absolute Gasteiger partial charge is 0.405 e. The molecule has 1 heterocycles. The first kappa shape index (κ1) is 12.3. The Balaban J connectivity index is 2.25. The van der Waals surface area contributed by atoms with Crippen LogP contribution in [0.5, 0.6) is 0 Å². The number of nitrogens with one attached hydrogen (secondary N) is 2. The van der Waals surface area contributed by atoms with Gasteiger partial charge in [-0.2, -0.15) is 13.2 Å². The third-order valence-electron chi connectivity index (χ3n) is 2.40. The number of carbonyl (C=O) groups is 1. The molecular formula is C11H10F3N3O. The monoisotopic (exact) mass is 257 g/mol. The standard InChI is InChI=1S/C11H10F3N3O/c12-11(13,14)5-17-10(18)8-4-16-9-2-1-6(15)3-7(8)9/h1-4,16H,5,15H2,(H,17,18). The molecule has 1 aromatic heterocycles. The molecule has 0 fully saturated rings. The van der Waals surface area contributed by atoms with E-state index in [9.17, 15) is 18.0 Å². The maximum absolute atomic E-state index is 12.0. The first-order valence-corrected chi connectivity index (χ1v) is 5.08. The normalized spacial score (nSPS) is 11.7. The number of fused-ring (bicyclic) bond motifs is 1. The number of H-pyrrole nitrogens is 1. The second kappa shape index (κ2) is 4.25. The summed E-state index contributed by atoms with van der Waals surface area (Å²) in [5, 5.41) is 2.31. The number of hydrogen-bond acceptors (Lipinski definition) is 2. The predicted octanol–water partition coefficient (Wildman–Crippen LogP) is 2.04. The number of halogens is 3. The topological polar surface area (TPSA) is 70.9 Å². The van der Waals surface area contributed by atoms with Gasteiger partial charge < -0.3 is 16.0 Å². The van der Waals surface area contributed by atoms with Crippen LogP contribution < -0.4 is 11.1 Å². The summed E-state index contributed by atoms with van der Waals surface area (Å²) >= 11 is 0. The number of benzene rings is 1. The van der Waals surface area contributed by atoms with E-state index in [0.29, 0.717) is 16.6 Å². The summed E-state index contributed by atoms with van der Waals surface area (Å²) in [5.41, 5.74) is 6.79. The number of rotatable bonds is 2. The van der Waals surface area contributed by atoms with Crippen LogP contribution in [0.15, 0.2) is 24.4 Å². The summed E-state index contributed by atoms with van der Waals surface area (Å²) in [6.45, 7) is -1.36. The Kier molecular flexibility index (Phi) is 2.90. The van der Waals surface area contributed by atoms with Gasteiger partial charge in [0.25, 0.3) is 5.91 Å². The zero-order chi connectivity index (χ0) is 13.3. The second-order valence-electron chi connectivity index (χ2n) is 3.81. The van der Waals surface area contributed by atoms with Crippen LogP contribution in [0.4, 0.5) is 18.9 Å². The number of aromatic nitrogens is 1. The molecule has 1 aromatic carbocycles. The van der Waals surface area contributed by atoms with E-state index < -0.39 is 18.6 Å². The van der Waals surface area contributed by atoms with E-state index >= 15 is 0 Å². The molecule has 0 bridgehead atoms. The van der Waals surface area contributed by atoms with Crippen LogP contribution in [0.2, 0.25) is 0 Å². The average Bonchev–Trinajstić information content (AvgIpc) is 2.67. The van der Waals surface area contributed by atoms with Gasteiger partial charge in [0.05, 0.1) is 5.56 Å². The van der Waals surface area contributed by atoms with Gasteiger partial charge in [-0.3, -0.25) is 4.79 Å². The van der Waals surface area contributed by atoms with E-state index in [0.717, 1.165) is 0 Å². The molecule has 0 radical (unpaired) electrons. The van der Waals surface area contributed by atoms with Gasteiger partial charge in [-0.05, 0) is 18.2 Å². The quantitative estimate of drug-likeness (QED) is 0.720. The number of amides is 1. The minimum absolute atomic E-state index is 0.140. The lowest BCUT2D eigenvalue weighted by atomic mass is 10.1. The Bertz CT molecular complexity index is 589. The van der Waals surface area contributed by atoms with Crippen molar-refractivity contribution in [1.29, 1.82) is 0 Å². The van der Waals surface area contributed by atoms with E-state index in [1.807, 2.05) is 5.32 Å². The van der Waals surface area contributed by atoms with Crippen LogP contribution in [0.3, 0.4) is 0 Å². The molecule has 0 atom stereocenters. The molecule has 0 aliphatic carbocycles. The molecule has 1 amide bonds. The molecule has 4 N–H and O–H groups in total. The van der Waals surface area contributed by atoms with Gasteiger partial charge >= 0.3 is 6.18 Å². The second-order valence-corrected chi connectivity index (χ2v) is 3.81. The summed E-state index contributed by atoms with van der Waals surface area (Å²) in [6, 6.07) is 4.83.